The van der Waals surface area contributed by atoms with E-state index in [4.69, 9.17) is 28.9 Å². The lowest BCUT2D eigenvalue weighted by molar-refractivity contribution is 0.567. The van der Waals surface area contributed by atoms with E-state index in [1.54, 1.807) is 0 Å². The van der Waals surface area contributed by atoms with Crippen LogP contribution in [0.1, 0.15) is 5.76 Å². The zero-order valence-electron chi connectivity index (χ0n) is 9.61. The number of rotatable bonds is 1. The lowest BCUT2D eigenvalue weighted by atomic mass is 10.0. The molecule has 2 heterocycles. The second-order valence-electron chi connectivity index (χ2n) is 4.01. The minimum absolute atomic E-state index is 0.473. The number of hydrogen-bond donors (Lipinski definition) is 2. The quantitative estimate of drug-likeness (QED) is 0.641. The predicted molar refractivity (Wildman–Crippen MR) is 76.8 cm³/mol. The molecule has 0 unspecified atom stereocenters. The Morgan fingerprint density at radius 3 is 2.50 bits per heavy atom. The molecule has 0 atom stereocenters. The van der Waals surface area contributed by atoms with E-state index in [9.17, 15) is 0 Å². The standard InChI is InChI=1S/C13H10N2OS2/c1-7-9(8-5-3-2-4-6-8)10-11(16-7)14-13(18)15-12(10)17/h2-6H,1H3,(H2,14,15,17,18). The molecule has 0 saturated carbocycles. The first-order valence-electron chi connectivity index (χ1n) is 5.48. The molecular formula is C13H10N2OS2. The molecule has 0 aliphatic heterocycles. The van der Waals surface area contributed by atoms with Crippen molar-refractivity contribution < 1.29 is 4.42 Å². The molecular weight excluding hydrogens is 264 g/mol. The molecule has 3 aromatic rings. The monoisotopic (exact) mass is 274 g/mol. The third kappa shape index (κ3) is 1.72. The molecule has 0 aliphatic rings. The molecule has 90 valence electrons. The van der Waals surface area contributed by atoms with Gasteiger partial charge in [-0.25, -0.2) is 0 Å². The van der Waals surface area contributed by atoms with Crippen LogP contribution >= 0.6 is 24.4 Å². The number of furan rings is 1. The van der Waals surface area contributed by atoms with E-state index in [0.717, 1.165) is 22.3 Å². The van der Waals surface area contributed by atoms with Crippen LogP contribution in [0.3, 0.4) is 0 Å². The SMILES string of the molecule is Cc1oc2[nH]c(=S)[nH]c(=S)c2c1-c1ccccc1. The van der Waals surface area contributed by atoms with E-state index in [1.165, 1.54) is 0 Å². The zero-order valence-corrected chi connectivity index (χ0v) is 11.2. The van der Waals surface area contributed by atoms with Crippen molar-refractivity contribution in [3.63, 3.8) is 0 Å². The molecule has 2 N–H and O–H groups in total. The van der Waals surface area contributed by atoms with Gasteiger partial charge in [-0.3, -0.25) is 0 Å². The highest BCUT2D eigenvalue weighted by molar-refractivity contribution is 7.72. The van der Waals surface area contributed by atoms with E-state index in [-0.39, 0.29) is 0 Å². The number of hydrogen-bond acceptors (Lipinski definition) is 3. The van der Waals surface area contributed by atoms with Crippen LogP contribution in [0.2, 0.25) is 0 Å². The molecule has 18 heavy (non-hydrogen) atoms. The van der Waals surface area contributed by atoms with Crippen molar-refractivity contribution in [1.82, 2.24) is 9.97 Å². The smallest absolute Gasteiger partial charge is 0.210 e. The summed E-state index contributed by atoms with van der Waals surface area (Å²) in [5, 5.41) is 0.877. The first kappa shape index (κ1) is 11.4. The fourth-order valence-electron chi connectivity index (χ4n) is 2.10. The second kappa shape index (κ2) is 4.19. The van der Waals surface area contributed by atoms with E-state index in [0.29, 0.717) is 15.1 Å². The fraction of sp³-hybridized carbons (Fsp3) is 0.0769. The highest BCUT2D eigenvalue weighted by Crippen LogP contribution is 2.33. The molecule has 3 rings (SSSR count). The van der Waals surface area contributed by atoms with Gasteiger partial charge in [0.25, 0.3) is 0 Å². The van der Waals surface area contributed by atoms with E-state index < -0.39 is 0 Å². The number of fused-ring (bicyclic) bond motifs is 1. The number of aromatic amines is 2. The third-order valence-corrected chi connectivity index (χ3v) is 3.34. The molecule has 5 heteroatoms. The summed E-state index contributed by atoms with van der Waals surface area (Å²) in [6.07, 6.45) is 0. The van der Waals surface area contributed by atoms with Crippen LogP contribution in [0.5, 0.6) is 0 Å². The molecule has 3 nitrogen and oxygen atoms in total. The minimum Gasteiger partial charge on any atom is -0.444 e. The van der Waals surface area contributed by atoms with Gasteiger partial charge in [0.1, 0.15) is 10.4 Å². The van der Waals surface area contributed by atoms with Crippen LogP contribution in [0.25, 0.3) is 22.2 Å². The first-order chi connectivity index (χ1) is 8.66. The van der Waals surface area contributed by atoms with Crippen molar-refractivity contribution in [3.05, 3.63) is 45.5 Å². The van der Waals surface area contributed by atoms with E-state index in [1.807, 2.05) is 37.3 Å². The van der Waals surface area contributed by atoms with E-state index >= 15 is 0 Å². The Bertz CT molecular complexity index is 828. The van der Waals surface area contributed by atoms with Gasteiger partial charge in [-0.05, 0) is 24.7 Å². The summed E-state index contributed by atoms with van der Waals surface area (Å²) >= 11 is 10.4. The van der Waals surface area contributed by atoms with Gasteiger partial charge in [-0.2, -0.15) is 0 Å². The topological polar surface area (TPSA) is 44.7 Å². The van der Waals surface area contributed by atoms with Gasteiger partial charge in [0.05, 0.1) is 5.39 Å². The Morgan fingerprint density at radius 1 is 1.06 bits per heavy atom. The molecule has 0 radical (unpaired) electrons. The Morgan fingerprint density at radius 2 is 1.78 bits per heavy atom. The van der Waals surface area contributed by atoms with Gasteiger partial charge in [0.2, 0.25) is 5.71 Å². The zero-order chi connectivity index (χ0) is 12.7. The lowest BCUT2D eigenvalue weighted by Crippen LogP contribution is -1.84. The Labute approximate surface area is 113 Å². The number of H-pyrrole nitrogens is 2. The maximum absolute atomic E-state index is 5.71. The minimum atomic E-state index is 0.473. The van der Waals surface area contributed by atoms with Crippen LogP contribution in [-0.4, -0.2) is 9.97 Å². The van der Waals surface area contributed by atoms with Crippen molar-refractivity contribution >= 4 is 35.5 Å². The fourth-order valence-corrected chi connectivity index (χ4v) is 2.66. The Kier molecular flexibility index (Phi) is 2.65. The number of aromatic nitrogens is 2. The molecule has 2 aromatic heterocycles. The van der Waals surface area contributed by atoms with E-state index in [2.05, 4.69) is 9.97 Å². The normalized spacial score (nSPS) is 10.9. The van der Waals surface area contributed by atoms with Gasteiger partial charge >= 0.3 is 0 Å². The van der Waals surface area contributed by atoms with Gasteiger partial charge in [0.15, 0.2) is 4.77 Å². The average molecular weight is 274 g/mol. The maximum Gasteiger partial charge on any atom is 0.210 e. The van der Waals surface area contributed by atoms with Gasteiger partial charge in [-0.1, -0.05) is 42.5 Å². The number of nitrogens with one attached hydrogen (secondary N) is 2. The number of benzene rings is 1. The maximum atomic E-state index is 5.71. The van der Waals surface area contributed by atoms with Crippen molar-refractivity contribution in [2.24, 2.45) is 0 Å². The van der Waals surface area contributed by atoms with Gasteiger partial charge in [0, 0.05) is 5.56 Å². The largest absolute Gasteiger partial charge is 0.444 e. The van der Waals surface area contributed by atoms with Crippen molar-refractivity contribution in [1.29, 1.82) is 0 Å². The average Bonchev–Trinajstić information content (AvgIpc) is 2.66. The van der Waals surface area contributed by atoms with Crippen molar-refractivity contribution in [2.45, 2.75) is 6.92 Å². The number of aryl methyl sites for hydroxylation is 1. The van der Waals surface area contributed by atoms with Gasteiger partial charge < -0.3 is 14.4 Å². The summed E-state index contributed by atoms with van der Waals surface area (Å²) in [6.45, 7) is 1.92. The van der Waals surface area contributed by atoms with Gasteiger partial charge in [-0.15, -0.1) is 0 Å². The summed E-state index contributed by atoms with van der Waals surface area (Å²) in [7, 11) is 0. The van der Waals surface area contributed by atoms with Crippen LogP contribution < -0.4 is 0 Å². The van der Waals surface area contributed by atoms with Crippen molar-refractivity contribution in [3.8, 4) is 11.1 Å². The molecule has 0 spiro atoms. The molecule has 0 bridgehead atoms. The Balaban J connectivity index is 2.47. The van der Waals surface area contributed by atoms with Crippen LogP contribution in [0, 0.1) is 16.3 Å². The third-order valence-electron chi connectivity index (χ3n) is 2.83. The molecule has 0 saturated heterocycles. The predicted octanol–water partition coefficient (Wildman–Crippen LogP) is 4.52. The second-order valence-corrected chi connectivity index (χ2v) is 4.83. The summed E-state index contributed by atoms with van der Waals surface area (Å²) in [4.78, 5) is 5.94. The summed E-state index contributed by atoms with van der Waals surface area (Å²) < 4.78 is 6.78. The summed E-state index contributed by atoms with van der Waals surface area (Å²) in [5.41, 5.74) is 2.72. The molecule has 0 fully saturated rings. The lowest BCUT2D eigenvalue weighted by Gasteiger charge is -1.99. The highest BCUT2D eigenvalue weighted by Gasteiger charge is 2.14. The molecule has 1 aromatic carbocycles. The summed E-state index contributed by atoms with van der Waals surface area (Å²) in [6, 6.07) is 10.0. The van der Waals surface area contributed by atoms with Crippen molar-refractivity contribution in [2.75, 3.05) is 0 Å². The highest BCUT2D eigenvalue weighted by atomic mass is 32.1. The summed E-state index contributed by atoms with van der Waals surface area (Å²) in [5.74, 6) is 0.826. The molecule has 0 amide bonds. The molecule has 0 aliphatic carbocycles. The first-order valence-corrected chi connectivity index (χ1v) is 6.29. The Hall–Kier alpha value is -1.72. The van der Waals surface area contributed by atoms with Crippen LogP contribution in [0.4, 0.5) is 0 Å². The van der Waals surface area contributed by atoms with Crippen LogP contribution in [-0.2, 0) is 0 Å². The van der Waals surface area contributed by atoms with Crippen LogP contribution in [0.15, 0.2) is 34.7 Å².